The van der Waals surface area contributed by atoms with Gasteiger partial charge in [0, 0.05) is 10.6 Å². The van der Waals surface area contributed by atoms with E-state index in [1.165, 1.54) is 11.8 Å². The minimum atomic E-state index is -0.206. The summed E-state index contributed by atoms with van der Waals surface area (Å²) in [5.41, 5.74) is 5.13. The number of thioether (sulfide) groups is 1. The van der Waals surface area contributed by atoms with Crippen LogP contribution in [0.5, 0.6) is 11.5 Å². The molecule has 0 spiro atoms. The van der Waals surface area contributed by atoms with Gasteiger partial charge in [-0.1, -0.05) is 53.7 Å². The van der Waals surface area contributed by atoms with Crippen molar-refractivity contribution in [2.45, 2.75) is 10.9 Å². The normalized spacial score (nSPS) is 11.1. The standard InChI is InChI=1S/C24H20ClN3O3S2/c1-30-21-12-16(10-11-20(21)31-14-17-6-2-3-7-18(17)25)13-26-28-23(29)15-32-24-27-19-8-4-5-9-22(19)33-24/h2-13H,14-15H2,1H3,(H,28,29)/b26-13+. The lowest BCUT2D eigenvalue weighted by molar-refractivity contribution is -0.118. The summed E-state index contributed by atoms with van der Waals surface area (Å²) in [4.78, 5) is 16.6. The van der Waals surface area contributed by atoms with Crippen LogP contribution in [0.4, 0.5) is 0 Å². The zero-order valence-electron chi connectivity index (χ0n) is 17.7. The van der Waals surface area contributed by atoms with Gasteiger partial charge < -0.3 is 9.47 Å². The van der Waals surface area contributed by atoms with Crippen LogP contribution in [0.15, 0.2) is 76.2 Å². The molecule has 1 heterocycles. The maximum Gasteiger partial charge on any atom is 0.250 e. The van der Waals surface area contributed by atoms with Gasteiger partial charge in [0.15, 0.2) is 15.8 Å². The predicted octanol–water partition coefficient (Wildman–Crippen LogP) is 5.78. The Morgan fingerprint density at radius 1 is 1.15 bits per heavy atom. The van der Waals surface area contributed by atoms with E-state index in [0.29, 0.717) is 23.1 Å². The van der Waals surface area contributed by atoms with Crippen LogP contribution < -0.4 is 14.9 Å². The van der Waals surface area contributed by atoms with E-state index in [0.717, 1.165) is 25.7 Å². The van der Waals surface area contributed by atoms with Crippen molar-refractivity contribution in [1.29, 1.82) is 0 Å². The molecule has 1 aromatic heterocycles. The third-order valence-corrected chi connectivity index (χ3v) is 7.08. The maximum atomic E-state index is 12.1. The van der Waals surface area contributed by atoms with Gasteiger partial charge >= 0.3 is 0 Å². The second-order valence-electron chi connectivity index (χ2n) is 6.82. The van der Waals surface area contributed by atoms with Crippen molar-refractivity contribution in [3.63, 3.8) is 0 Å². The van der Waals surface area contributed by atoms with E-state index in [-0.39, 0.29) is 11.7 Å². The Kier molecular flexibility index (Phi) is 7.83. The number of carbonyl (C=O) groups is 1. The molecule has 33 heavy (non-hydrogen) atoms. The smallest absolute Gasteiger partial charge is 0.250 e. The Balaban J connectivity index is 1.30. The van der Waals surface area contributed by atoms with E-state index in [9.17, 15) is 4.79 Å². The Hall–Kier alpha value is -3.07. The number of methoxy groups -OCH3 is 1. The molecule has 168 valence electrons. The summed E-state index contributed by atoms with van der Waals surface area (Å²) in [5, 5.41) is 4.69. The summed E-state index contributed by atoms with van der Waals surface area (Å²) in [5.74, 6) is 1.17. The highest BCUT2D eigenvalue weighted by molar-refractivity contribution is 8.01. The number of amides is 1. The summed E-state index contributed by atoms with van der Waals surface area (Å²) in [6, 6.07) is 20.8. The van der Waals surface area contributed by atoms with Gasteiger partial charge in [-0.3, -0.25) is 4.79 Å². The van der Waals surface area contributed by atoms with Crippen LogP contribution in [-0.4, -0.2) is 30.0 Å². The fraction of sp³-hybridized carbons (Fsp3) is 0.125. The van der Waals surface area contributed by atoms with Gasteiger partial charge in [-0.25, -0.2) is 10.4 Å². The van der Waals surface area contributed by atoms with Gasteiger partial charge in [-0.15, -0.1) is 11.3 Å². The Morgan fingerprint density at radius 3 is 2.79 bits per heavy atom. The van der Waals surface area contributed by atoms with Crippen LogP contribution >= 0.6 is 34.7 Å². The number of nitrogens with one attached hydrogen (secondary N) is 1. The molecule has 0 saturated heterocycles. The maximum absolute atomic E-state index is 12.1. The first-order chi connectivity index (χ1) is 16.1. The number of fused-ring (bicyclic) bond motifs is 1. The van der Waals surface area contributed by atoms with E-state index in [1.807, 2.05) is 54.6 Å². The summed E-state index contributed by atoms with van der Waals surface area (Å²) in [6.45, 7) is 0.325. The van der Waals surface area contributed by atoms with Crippen molar-refractivity contribution in [3.05, 3.63) is 82.9 Å². The molecule has 1 N–H and O–H groups in total. The van der Waals surface area contributed by atoms with Gasteiger partial charge in [-0.05, 0) is 42.0 Å². The summed E-state index contributed by atoms with van der Waals surface area (Å²) in [6.07, 6.45) is 1.56. The molecule has 0 radical (unpaired) electrons. The second kappa shape index (κ2) is 11.2. The lowest BCUT2D eigenvalue weighted by Crippen LogP contribution is -2.19. The number of ether oxygens (including phenoxy) is 2. The number of benzene rings is 3. The highest BCUT2D eigenvalue weighted by atomic mass is 35.5. The highest BCUT2D eigenvalue weighted by Crippen LogP contribution is 2.30. The van der Waals surface area contributed by atoms with Crippen molar-refractivity contribution in [3.8, 4) is 11.5 Å². The van der Waals surface area contributed by atoms with E-state index in [1.54, 1.807) is 36.8 Å². The van der Waals surface area contributed by atoms with Crippen LogP contribution in [0.3, 0.4) is 0 Å². The zero-order valence-corrected chi connectivity index (χ0v) is 20.0. The molecule has 4 rings (SSSR count). The van der Waals surface area contributed by atoms with Gasteiger partial charge in [0.25, 0.3) is 5.91 Å². The van der Waals surface area contributed by atoms with Crippen molar-refractivity contribution >= 4 is 57.0 Å². The number of hydrogen-bond donors (Lipinski definition) is 1. The number of carbonyl (C=O) groups excluding carboxylic acids is 1. The molecule has 0 saturated carbocycles. The van der Waals surface area contributed by atoms with Gasteiger partial charge in [0.1, 0.15) is 6.61 Å². The fourth-order valence-corrected chi connectivity index (χ4v) is 4.96. The fourth-order valence-electron chi connectivity index (χ4n) is 2.91. The second-order valence-corrected chi connectivity index (χ2v) is 9.48. The lowest BCUT2D eigenvalue weighted by atomic mass is 10.2. The van der Waals surface area contributed by atoms with Crippen LogP contribution in [-0.2, 0) is 11.4 Å². The number of hydrogen-bond acceptors (Lipinski definition) is 7. The van der Waals surface area contributed by atoms with Crippen molar-refractivity contribution in [2.24, 2.45) is 5.10 Å². The molecule has 3 aromatic carbocycles. The topological polar surface area (TPSA) is 72.8 Å². The van der Waals surface area contributed by atoms with E-state index >= 15 is 0 Å². The predicted molar refractivity (Wildman–Crippen MR) is 135 cm³/mol. The molecule has 0 unspecified atom stereocenters. The minimum absolute atomic E-state index is 0.206. The third kappa shape index (κ3) is 6.25. The van der Waals surface area contributed by atoms with Crippen LogP contribution in [0, 0.1) is 0 Å². The first kappa shape index (κ1) is 23.1. The van der Waals surface area contributed by atoms with Crippen LogP contribution in [0.25, 0.3) is 10.2 Å². The number of rotatable bonds is 9. The number of thiazole rings is 1. The van der Waals surface area contributed by atoms with Crippen LogP contribution in [0.2, 0.25) is 5.02 Å². The van der Waals surface area contributed by atoms with Gasteiger partial charge in [-0.2, -0.15) is 5.10 Å². The number of nitrogens with zero attached hydrogens (tertiary/aromatic N) is 2. The monoisotopic (exact) mass is 497 g/mol. The third-order valence-electron chi connectivity index (χ3n) is 4.53. The van der Waals surface area contributed by atoms with Crippen molar-refractivity contribution < 1.29 is 14.3 Å². The molecule has 0 bridgehead atoms. The molecule has 0 aliphatic carbocycles. The minimum Gasteiger partial charge on any atom is -0.493 e. The summed E-state index contributed by atoms with van der Waals surface area (Å²) < 4.78 is 13.2. The van der Waals surface area contributed by atoms with Crippen molar-refractivity contribution in [2.75, 3.05) is 12.9 Å². The van der Waals surface area contributed by atoms with E-state index in [2.05, 4.69) is 15.5 Å². The molecule has 0 aliphatic heterocycles. The molecule has 1 amide bonds. The first-order valence-corrected chi connectivity index (χ1v) is 12.1. The number of para-hydroxylation sites is 1. The molecule has 9 heteroatoms. The summed E-state index contributed by atoms with van der Waals surface area (Å²) in [7, 11) is 1.57. The Labute approximate surface area is 204 Å². The van der Waals surface area contributed by atoms with E-state index in [4.69, 9.17) is 21.1 Å². The average Bonchev–Trinajstić information content (AvgIpc) is 3.26. The molecule has 0 aliphatic rings. The van der Waals surface area contributed by atoms with Crippen molar-refractivity contribution in [1.82, 2.24) is 10.4 Å². The molecular formula is C24H20ClN3O3S2. The lowest BCUT2D eigenvalue weighted by Gasteiger charge is -2.12. The summed E-state index contributed by atoms with van der Waals surface area (Å²) >= 11 is 9.14. The van der Waals surface area contributed by atoms with Crippen LogP contribution in [0.1, 0.15) is 11.1 Å². The molecule has 4 aromatic rings. The Bertz CT molecular complexity index is 1260. The quantitative estimate of drug-likeness (QED) is 0.180. The highest BCUT2D eigenvalue weighted by Gasteiger charge is 2.09. The largest absolute Gasteiger partial charge is 0.493 e. The Morgan fingerprint density at radius 2 is 1.97 bits per heavy atom. The molecule has 0 fully saturated rings. The van der Waals surface area contributed by atoms with E-state index < -0.39 is 0 Å². The molecule has 0 atom stereocenters. The van der Waals surface area contributed by atoms with Gasteiger partial charge in [0.05, 0.1) is 29.3 Å². The number of hydrazone groups is 1. The molecule has 6 nitrogen and oxygen atoms in total. The number of halogens is 1. The average molecular weight is 498 g/mol. The number of aromatic nitrogens is 1. The molecular weight excluding hydrogens is 478 g/mol. The van der Waals surface area contributed by atoms with Gasteiger partial charge in [0.2, 0.25) is 0 Å². The SMILES string of the molecule is COc1cc(/C=N/NC(=O)CSc2nc3ccccc3s2)ccc1OCc1ccccc1Cl. The zero-order chi connectivity index (χ0) is 23.0. The first-order valence-electron chi connectivity index (χ1n) is 9.97.